The van der Waals surface area contributed by atoms with Crippen molar-refractivity contribution in [2.75, 3.05) is 66.2 Å². The Kier molecular flexibility index (Phi) is 59.0. The standard InChI is InChI=1S/C17H19FN2O2.C14H19ClN2O.C13H17N.C12H13N.C10H16N2.2C10H14.C9H11ClN2O.C9H9NO3S.2C9H11N.CH4/c1-12(17(19)21)20-10-13-5-7-16(8-6-13)22-11-14-3-2-4-15(18)9-14;15-13-6-4-12(5-7-13)14(18)16-8-11-17-9-2-1-3-10-17;1-4-10-14(3)12(2)11-13-8-6-5-7-9-13;1-2-9-13-12-8-7-10-5-3-4-6-11(10)12;1-9(12(2)11)8-10-6-4-3-5-7-10;1-3-9(2)10-7-5-4-6-8-10;1-2-3-7-10-8-5-4-6-9-10;1-2-5-11-9(13)8-4-3-7(10)6-12-8;1-14(11,12)6-8-7-4-2-3-5-9(7)13-10-8;2*10-9-6-8(9)7-4-2-1-3-5-7;/h2-9,12,20H,10-11H2,1H3,(H2,19,21);4-7H,1-3,8-11H2,(H,16,18);1,5-9,12H,10-11H2,2-3H3;1,3-6,12-13H,7-9H2;3-7,9H,8,11H2,1-2H3;4-9H,3H2,1-2H3;4-6,8-9H,2-3,7H2,1H3;3-4,6H,2,5H2,1H3,(H,11,13);2-5H,6H2,1H3;2*1-5,8-9H,6,10H2;1H4/t12-;;2*12-;;;;;;2*8-,9+;/m0.11.....10./s1. The molecule has 17 rings (SSSR count). The van der Waals surface area contributed by atoms with Crippen LogP contribution < -0.4 is 49.0 Å². The van der Waals surface area contributed by atoms with Crippen molar-refractivity contribution in [2.45, 2.75) is 219 Å². The lowest BCUT2D eigenvalue weighted by molar-refractivity contribution is -0.119. The molecule has 20 nitrogen and oxygen atoms in total. The number of fused-ring (bicyclic) bond motifs is 2. The minimum atomic E-state index is -3.06. The quantitative estimate of drug-likeness (QED) is 0.0110. The lowest BCUT2D eigenvalue weighted by atomic mass is 9.99. The van der Waals surface area contributed by atoms with Crippen LogP contribution in [0.25, 0.3) is 11.0 Å². The number of sulfone groups is 1. The van der Waals surface area contributed by atoms with Gasteiger partial charge in [-0.1, -0.05) is 331 Å². The van der Waals surface area contributed by atoms with Gasteiger partial charge in [-0.3, -0.25) is 30.4 Å². The number of aromatic nitrogens is 2. The summed E-state index contributed by atoms with van der Waals surface area (Å²) < 4.78 is 45.8. The van der Waals surface area contributed by atoms with Crippen LogP contribution in [0, 0.1) is 30.5 Å². The number of unbranched alkanes of at least 4 members (excludes halogenated alkanes) is 1. The van der Waals surface area contributed by atoms with E-state index in [0.29, 0.717) is 126 Å². The normalized spacial score (nSPS) is 15.4. The van der Waals surface area contributed by atoms with E-state index in [1.54, 1.807) is 66.5 Å². The monoisotopic (exact) mass is 2050 g/mol. The van der Waals surface area contributed by atoms with Gasteiger partial charge < -0.3 is 47.3 Å². The van der Waals surface area contributed by atoms with E-state index < -0.39 is 9.84 Å². The number of ether oxygens (including phenoxy) is 1. The van der Waals surface area contributed by atoms with Gasteiger partial charge in [0.2, 0.25) is 5.91 Å². The molecule has 11 aromatic carbocycles. The summed E-state index contributed by atoms with van der Waals surface area (Å²) in [7, 11) is 0.898. The van der Waals surface area contributed by atoms with Gasteiger partial charge in [-0.15, -0.1) is 12.8 Å². The predicted octanol–water partition coefficient (Wildman–Crippen LogP) is 23.5. The third-order valence-electron chi connectivity index (χ3n) is 24.8. The Morgan fingerprint density at radius 2 is 1.12 bits per heavy atom. The first-order chi connectivity index (χ1) is 70.5. The molecule has 0 radical (unpaired) electrons. The van der Waals surface area contributed by atoms with E-state index in [9.17, 15) is 27.2 Å². The molecule has 3 amide bonds. The molecule has 2 unspecified atom stereocenters. The SMILES string of the molecule is C.C#CCN(C)[C@H](C)Cc1ccccc1.C#CCN[C@@H]1CCc2ccccc21.CC(Cc1ccccc1)N(C)N.CCC(C)c1ccccc1.CCCCc1ccccc1.CCCNC(=O)c1ccc(Cl)cn1.CS(=O)(=O)Cc1noc2ccccc12.C[C@H](NCc1ccc(OCc2cccc(F)c2)cc1)C(N)=O.N[C@@H]1C[C@H]1c1ccccc1.N[C@H]1C[C@@H]1c1ccccc1.O=C(NCCN1CCCCC1)c1ccc(Cl)cc1. The second-order valence-corrected chi connectivity index (χ2v) is 39.9. The van der Waals surface area contributed by atoms with Crippen LogP contribution in [0.5, 0.6) is 5.75 Å². The highest BCUT2D eigenvalue weighted by Crippen LogP contribution is 2.40. The molecule has 4 aliphatic rings. The van der Waals surface area contributed by atoms with Gasteiger partial charge in [0.05, 0.1) is 29.9 Å². The van der Waals surface area contributed by atoms with E-state index in [1.165, 1.54) is 140 Å². The third-order valence-corrected chi connectivity index (χ3v) is 26.0. The fourth-order valence-corrected chi connectivity index (χ4v) is 16.3. The van der Waals surface area contributed by atoms with Crippen molar-refractivity contribution in [3.05, 3.63) is 410 Å². The fraction of sp³-hybridized carbons (Fsp3) is 0.358. The highest BCUT2D eigenvalue weighted by Gasteiger charge is 2.35. The van der Waals surface area contributed by atoms with Gasteiger partial charge in [0.1, 0.15) is 29.6 Å². The van der Waals surface area contributed by atoms with E-state index in [0.717, 1.165) is 55.4 Å². The molecule has 3 fully saturated rings. The molecule has 9 atom stereocenters. The van der Waals surface area contributed by atoms with Gasteiger partial charge in [0, 0.05) is 104 Å². The number of aryl methyl sites for hydroxylation is 2. The maximum atomic E-state index is 13.1. The molecular weight excluding hydrogens is 1890 g/mol. The number of para-hydroxylation sites is 1. The number of hydrogen-bond donors (Lipinski definition) is 8. The zero-order valence-corrected chi connectivity index (χ0v) is 89.2. The second kappa shape index (κ2) is 70.4. The smallest absolute Gasteiger partial charge is 0.269 e. The van der Waals surface area contributed by atoms with Gasteiger partial charge in [0.25, 0.3) is 11.8 Å². The van der Waals surface area contributed by atoms with Crippen LogP contribution in [0.2, 0.25) is 10.0 Å². The van der Waals surface area contributed by atoms with Gasteiger partial charge in [-0.2, -0.15) is 0 Å². The second-order valence-electron chi connectivity index (χ2n) is 36.9. The number of carbonyl (C=O) groups is 3. The summed E-state index contributed by atoms with van der Waals surface area (Å²) in [6, 6.07) is 105. The van der Waals surface area contributed by atoms with Crippen LogP contribution in [0.15, 0.2) is 326 Å². The number of likely N-dealkylation sites (N-methyl/N-ethyl adjacent to an activating group) is 2. The van der Waals surface area contributed by atoms with E-state index >= 15 is 0 Å². The van der Waals surface area contributed by atoms with Crippen LogP contribution in [-0.4, -0.2) is 147 Å². The molecule has 3 aliphatic carbocycles. The van der Waals surface area contributed by atoms with Crippen LogP contribution in [0.1, 0.15) is 226 Å². The summed E-state index contributed by atoms with van der Waals surface area (Å²) in [5.41, 5.74) is 31.8. The van der Waals surface area contributed by atoms with Gasteiger partial charge in [0.15, 0.2) is 15.4 Å². The Morgan fingerprint density at radius 3 is 1.64 bits per heavy atom. The molecule has 2 aromatic heterocycles. The maximum absolute atomic E-state index is 13.1. The first-order valence-electron chi connectivity index (χ1n) is 50.8. The first-order valence-corrected chi connectivity index (χ1v) is 53.6. The molecule has 2 saturated carbocycles. The van der Waals surface area contributed by atoms with Gasteiger partial charge in [-0.25, -0.2) is 22.8 Å². The number of halogens is 3. The molecule has 0 bridgehead atoms. The number of benzene rings is 11. The maximum Gasteiger partial charge on any atom is 0.269 e. The van der Waals surface area contributed by atoms with Crippen molar-refractivity contribution < 1.29 is 36.5 Å². The van der Waals surface area contributed by atoms with E-state index in [2.05, 4.69) is 277 Å². The van der Waals surface area contributed by atoms with Crippen molar-refractivity contribution in [1.29, 1.82) is 0 Å². The van der Waals surface area contributed by atoms with E-state index in [1.807, 2.05) is 80.7 Å². The molecule has 12 N–H and O–H groups in total. The molecule has 3 heterocycles. The van der Waals surface area contributed by atoms with E-state index in [-0.39, 0.29) is 42.8 Å². The number of hydrazine groups is 1. The van der Waals surface area contributed by atoms with Crippen LogP contribution in [0.4, 0.5) is 4.39 Å². The molecule has 784 valence electrons. The largest absolute Gasteiger partial charge is 0.489 e. The van der Waals surface area contributed by atoms with E-state index in [4.69, 9.17) is 68.4 Å². The number of nitrogens with two attached hydrogens (primary N) is 4. The number of nitrogens with zero attached hydrogens (tertiary/aromatic N) is 5. The first kappa shape index (κ1) is 123. The Bertz CT molecular complexity index is 5890. The van der Waals surface area contributed by atoms with Crippen LogP contribution in [0.3, 0.4) is 0 Å². The number of terminal acetylenes is 2. The molecule has 13 aromatic rings. The average molecular weight is 2050 g/mol. The number of likely N-dealkylation sites (tertiary alicyclic amines) is 1. The molecule has 1 aliphatic heterocycles. The van der Waals surface area contributed by atoms with Crippen molar-refractivity contribution >= 4 is 61.7 Å². The van der Waals surface area contributed by atoms with Crippen LogP contribution in [-0.2, 0) is 59.2 Å². The number of primary amides is 1. The van der Waals surface area contributed by atoms with Crippen LogP contribution >= 0.6 is 23.2 Å². The third kappa shape index (κ3) is 50.7. The molecular formula is C123H158Cl2FN13O7S. The van der Waals surface area contributed by atoms with Crippen molar-refractivity contribution in [3.8, 4) is 30.4 Å². The summed E-state index contributed by atoms with van der Waals surface area (Å²) in [5, 5.41) is 19.5. The molecule has 1 saturated heterocycles. The Hall–Kier alpha value is -12.5. The topological polar surface area (TPSA) is 295 Å². The molecule has 0 spiro atoms. The van der Waals surface area contributed by atoms with Gasteiger partial charge >= 0.3 is 0 Å². The predicted molar refractivity (Wildman–Crippen MR) is 609 cm³/mol. The fourth-order valence-electron chi connectivity index (χ4n) is 15.3. The minimum Gasteiger partial charge on any atom is -0.489 e. The Labute approximate surface area is 886 Å². The molecule has 24 heteroatoms. The van der Waals surface area contributed by atoms with Gasteiger partial charge in [-0.05, 0) is 252 Å². The zero-order valence-electron chi connectivity index (χ0n) is 86.9. The summed E-state index contributed by atoms with van der Waals surface area (Å²) >= 11 is 11.4. The number of rotatable bonds is 32. The number of hydrogen-bond acceptors (Lipinski definition) is 17. The minimum absolute atomic E-state index is 0. The summed E-state index contributed by atoms with van der Waals surface area (Å²) in [4.78, 5) is 42.5. The van der Waals surface area contributed by atoms with Crippen molar-refractivity contribution in [3.63, 3.8) is 0 Å². The summed E-state index contributed by atoms with van der Waals surface area (Å²) in [6.45, 7) is 21.6. The summed E-state index contributed by atoms with van der Waals surface area (Å²) in [5.74, 6) is 12.7. The summed E-state index contributed by atoms with van der Waals surface area (Å²) in [6.07, 6.45) is 29.8. The number of nitrogens with one attached hydrogen (secondary N) is 4. The Balaban J connectivity index is 0.000000249. The number of piperidine rings is 1. The van der Waals surface area contributed by atoms with Crippen molar-refractivity contribution in [2.24, 2.45) is 23.0 Å². The molecule has 147 heavy (non-hydrogen) atoms. The lowest BCUT2D eigenvalue weighted by Crippen LogP contribution is -2.38. The lowest BCUT2D eigenvalue weighted by Gasteiger charge is -2.26. The average Bonchev–Trinajstić information content (AvgIpc) is 1.68. The zero-order chi connectivity index (χ0) is 106. The Morgan fingerprint density at radius 1 is 0.599 bits per heavy atom. The number of amides is 3. The number of carbonyl (C=O) groups excluding carboxylic acids is 3. The highest BCUT2D eigenvalue weighted by molar-refractivity contribution is 7.89. The number of pyridine rings is 1. The van der Waals surface area contributed by atoms with Crippen molar-refractivity contribution in [1.82, 2.24) is 46.2 Å². The highest BCUT2D eigenvalue weighted by atomic mass is 35.5.